The first-order chi connectivity index (χ1) is 10.3. The van der Waals surface area contributed by atoms with Crippen LogP contribution < -0.4 is 15.4 Å². The van der Waals surface area contributed by atoms with Gasteiger partial charge in [-0.1, -0.05) is 19.1 Å². The molecule has 1 unspecified atom stereocenters. The maximum absolute atomic E-state index is 11.8. The summed E-state index contributed by atoms with van der Waals surface area (Å²) in [6.45, 7) is 5.58. The van der Waals surface area contributed by atoms with Gasteiger partial charge in [-0.05, 0) is 56.0 Å². The molecule has 0 aliphatic carbocycles. The zero-order valence-electron chi connectivity index (χ0n) is 13.3. The van der Waals surface area contributed by atoms with Crippen molar-refractivity contribution in [1.29, 1.82) is 0 Å². The predicted molar refractivity (Wildman–Crippen MR) is 91.5 cm³/mol. The number of amides is 1. The van der Waals surface area contributed by atoms with Gasteiger partial charge in [-0.2, -0.15) is 0 Å². The third-order valence-corrected chi connectivity index (χ3v) is 3.83. The van der Waals surface area contributed by atoms with Crippen molar-refractivity contribution in [1.82, 2.24) is 10.6 Å². The molecular formula is C17H27ClN2O2. The number of nitrogens with one attached hydrogen (secondary N) is 2. The third kappa shape index (κ3) is 6.67. The van der Waals surface area contributed by atoms with E-state index < -0.39 is 0 Å². The first kappa shape index (κ1) is 18.8. The van der Waals surface area contributed by atoms with Gasteiger partial charge in [0, 0.05) is 13.0 Å². The normalized spacial score (nSPS) is 16.9. The molecule has 1 atom stereocenters. The minimum Gasteiger partial charge on any atom is -0.494 e. The minimum atomic E-state index is 0. The van der Waals surface area contributed by atoms with Crippen molar-refractivity contribution in [3.63, 3.8) is 0 Å². The second kappa shape index (κ2) is 10.5. The highest BCUT2D eigenvalue weighted by atomic mass is 35.5. The average Bonchev–Trinajstić information content (AvgIpc) is 3.03. The molecule has 0 saturated carbocycles. The lowest BCUT2D eigenvalue weighted by molar-refractivity contribution is -0.121. The van der Waals surface area contributed by atoms with Crippen molar-refractivity contribution >= 4 is 18.3 Å². The van der Waals surface area contributed by atoms with Gasteiger partial charge in [-0.25, -0.2) is 0 Å². The van der Waals surface area contributed by atoms with Gasteiger partial charge in [0.05, 0.1) is 6.61 Å². The Kier molecular flexibility index (Phi) is 8.94. The lowest BCUT2D eigenvalue weighted by Crippen LogP contribution is -2.23. The van der Waals surface area contributed by atoms with E-state index in [4.69, 9.17) is 4.74 Å². The van der Waals surface area contributed by atoms with E-state index in [1.54, 1.807) is 0 Å². The molecule has 0 bridgehead atoms. The van der Waals surface area contributed by atoms with Crippen molar-refractivity contribution in [2.45, 2.75) is 39.2 Å². The lowest BCUT2D eigenvalue weighted by atomic mass is 10.0. The van der Waals surface area contributed by atoms with Crippen LogP contribution in [-0.2, 0) is 11.3 Å². The van der Waals surface area contributed by atoms with Crippen molar-refractivity contribution in [2.24, 2.45) is 5.92 Å². The zero-order chi connectivity index (χ0) is 14.9. The van der Waals surface area contributed by atoms with Crippen LogP contribution >= 0.6 is 12.4 Å². The van der Waals surface area contributed by atoms with Crippen molar-refractivity contribution in [3.8, 4) is 5.75 Å². The molecule has 1 aromatic carbocycles. The number of halogens is 1. The fraction of sp³-hybridized carbons (Fsp3) is 0.588. The van der Waals surface area contributed by atoms with E-state index in [0.717, 1.165) is 43.9 Å². The SMILES string of the molecule is CCCOc1ccc(CNC(=O)CCC2CCNC2)cc1.Cl. The first-order valence-electron chi connectivity index (χ1n) is 7.97. The summed E-state index contributed by atoms with van der Waals surface area (Å²) < 4.78 is 5.54. The molecule has 5 heteroatoms. The summed E-state index contributed by atoms with van der Waals surface area (Å²) >= 11 is 0. The summed E-state index contributed by atoms with van der Waals surface area (Å²) in [4.78, 5) is 11.8. The number of carbonyl (C=O) groups is 1. The van der Waals surface area contributed by atoms with Crippen LogP contribution in [0.1, 0.15) is 38.2 Å². The molecule has 0 aromatic heterocycles. The molecule has 124 valence electrons. The van der Waals surface area contributed by atoms with Crippen LogP contribution in [0.3, 0.4) is 0 Å². The Morgan fingerprint density at radius 1 is 1.36 bits per heavy atom. The largest absolute Gasteiger partial charge is 0.494 e. The second-order valence-corrected chi connectivity index (χ2v) is 5.67. The molecule has 22 heavy (non-hydrogen) atoms. The highest BCUT2D eigenvalue weighted by Gasteiger charge is 2.15. The van der Waals surface area contributed by atoms with Crippen LogP contribution in [0.5, 0.6) is 5.75 Å². The fourth-order valence-corrected chi connectivity index (χ4v) is 2.51. The number of hydrogen-bond acceptors (Lipinski definition) is 3. The molecule has 0 radical (unpaired) electrons. The maximum atomic E-state index is 11.8. The van der Waals surface area contributed by atoms with Gasteiger partial charge in [-0.15, -0.1) is 12.4 Å². The monoisotopic (exact) mass is 326 g/mol. The first-order valence-corrected chi connectivity index (χ1v) is 7.97. The Hall–Kier alpha value is -1.26. The molecule has 2 N–H and O–H groups in total. The van der Waals surface area contributed by atoms with E-state index in [9.17, 15) is 4.79 Å². The van der Waals surface area contributed by atoms with Gasteiger partial charge in [0.25, 0.3) is 0 Å². The highest BCUT2D eigenvalue weighted by molar-refractivity contribution is 5.85. The Labute approximate surface area is 139 Å². The van der Waals surface area contributed by atoms with Crippen molar-refractivity contribution in [3.05, 3.63) is 29.8 Å². The number of ether oxygens (including phenoxy) is 1. The number of hydrogen-bond donors (Lipinski definition) is 2. The average molecular weight is 327 g/mol. The van der Waals surface area contributed by atoms with Gasteiger partial charge in [-0.3, -0.25) is 4.79 Å². The van der Waals surface area contributed by atoms with E-state index in [1.165, 1.54) is 6.42 Å². The molecule has 1 fully saturated rings. The molecule has 1 aliphatic heterocycles. The third-order valence-electron chi connectivity index (χ3n) is 3.83. The molecular weight excluding hydrogens is 300 g/mol. The Morgan fingerprint density at radius 2 is 2.14 bits per heavy atom. The van der Waals surface area contributed by atoms with Gasteiger partial charge in [0.1, 0.15) is 5.75 Å². The van der Waals surface area contributed by atoms with E-state index in [0.29, 0.717) is 18.9 Å². The summed E-state index contributed by atoms with van der Waals surface area (Å²) in [5, 5.41) is 6.32. The van der Waals surface area contributed by atoms with Crippen LogP contribution in [0.4, 0.5) is 0 Å². The highest BCUT2D eigenvalue weighted by Crippen LogP contribution is 2.15. The summed E-state index contributed by atoms with van der Waals surface area (Å²) in [5.41, 5.74) is 1.11. The molecule has 0 spiro atoms. The second-order valence-electron chi connectivity index (χ2n) is 5.67. The Bertz CT molecular complexity index is 431. The fourth-order valence-electron chi connectivity index (χ4n) is 2.51. The Morgan fingerprint density at radius 3 is 2.77 bits per heavy atom. The van der Waals surface area contributed by atoms with Crippen molar-refractivity contribution in [2.75, 3.05) is 19.7 Å². The molecule has 1 amide bonds. The van der Waals surface area contributed by atoms with E-state index in [2.05, 4.69) is 17.6 Å². The van der Waals surface area contributed by atoms with E-state index in [1.807, 2.05) is 24.3 Å². The Balaban J connectivity index is 0.00000242. The number of carbonyl (C=O) groups excluding carboxylic acids is 1. The quantitative estimate of drug-likeness (QED) is 0.772. The molecule has 1 heterocycles. The van der Waals surface area contributed by atoms with Crippen LogP contribution in [-0.4, -0.2) is 25.6 Å². The van der Waals surface area contributed by atoms with E-state index >= 15 is 0 Å². The van der Waals surface area contributed by atoms with Gasteiger partial charge < -0.3 is 15.4 Å². The maximum Gasteiger partial charge on any atom is 0.220 e. The summed E-state index contributed by atoms with van der Waals surface area (Å²) in [5.74, 6) is 1.71. The molecule has 1 aromatic rings. The summed E-state index contributed by atoms with van der Waals surface area (Å²) in [6.07, 6.45) is 3.83. The summed E-state index contributed by atoms with van der Waals surface area (Å²) in [7, 11) is 0. The van der Waals surface area contributed by atoms with Crippen LogP contribution in [0.25, 0.3) is 0 Å². The molecule has 1 saturated heterocycles. The van der Waals surface area contributed by atoms with Crippen LogP contribution in [0, 0.1) is 5.92 Å². The van der Waals surface area contributed by atoms with Crippen LogP contribution in [0.15, 0.2) is 24.3 Å². The predicted octanol–water partition coefficient (Wildman–Crippen LogP) is 2.90. The topological polar surface area (TPSA) is 50.4 Å². The van der Waals surface area contributed by atoms with Crippen molar-refractivity contribution < 1.29 is 9.53 Å². The molecule has 2 rings (SSSR count). The number of rotatable bonds is 8. The molecule has 1 aliphatic rings. The van der Waals surface area contributed by atoms with Gasteiger partial charge in [0.15, 0.2) is 0 Å². The number of benzene rings is 1. The minimum absolute atomic E-state index is 0. The van der Waals surface area contributed by atoms with Gasteiger partial charge >= 0.3 is 0 Å². The summed E-state index contributed by atoms with van der Waals surface area (Å²) in [6, 6.07) is 7.93. The lowest BCUT2D eigenvalue weighted by Gasteiger charge is -2.09. The zero-order valence-corrected chi connectivity index (χ0v) is 14.1. The van der Waals surface area contributed by atoms with Crippen LogP contribution in [0.2, 0.25) is 0 Å². The standard InChI is InChI=1S/C17H26N2O2.ClH/c1-2-11-21-16-6-3-14(4-7-16)13-19-17(20)8-5-15-9-10-18-12-15;/h3-4,6-7,15,18H,2,5,8-13H2,1H3,(H,19,20);1H. The molecule has 4 nitrogen and oxygen atoms in total. The van der Waals surface area contributed by atoms with Gasteiger partial charge in [0.2, 0.25) is 5.91 Å². The smallest absolute Gasteiger partial charge is 0.220 e. The van der Waals surface area contributed by atoms with E-state index in [-0.39, 0.29) is 18.3 Å².